The molecule has 0 aliphatic heterocycles. The molecule has 1 N–H and O–H groups in total. The standard InChI is InChI=1S/C14H23NO2/c1-5-11(2)15-10-12(3)17-14-9-7-6-8-13(14)16-4/h6-9,11-12,15H,5,10H2,1-4H3/t11-,12-/m0/s1. The van der Waals surface area contributed by atoms with Gasteiger partial charge in [-0.15, -0.1) is 0 Å². The number of ether oxygens (including phenoxy) is 2. The molecule has 0 amide bonds. The van der Waals surface area contributed by atoms with Gasteiger partial charge in [-0.1, -0.05) is 19.1 Å². The summed E-state index contributed by atoms with van der Waals surface area (Å²) in [5.74, 6) is 1.58. The number of nitrogens with one attached hydrogen (secondary N) is 1. The Morgan fingerprint density at radius 2 is 1.82 bits per heavy atom. The highest BCUT2D eigenvalue weighted by Gasteiger charge is 2.09. The Morgan fingerprint density at radius 1 is 1.18 bits per heavy atom. The monoisotopic (exact) mass is 237 g/mol. The fourth-order valence-corrected chi connectivity index (χ4v) is 1.49. The van der Waals surface area contributed by atoms with Crippen LogP contribution in [0.5, 0.6) is 11.5 Å². The lowest BCUT2D eigenvalue weighted by molar-refractivity contribution is 0.203. The number of hydrogen-bond acceptors (Lipinski definition) is 3. The fraction of sp³-hybridized carbons (Fsp3) is 0.571. The van der Waals surface area contributed by atoms with Crippen molar-refractivity contribution in [2.24, 2.45) is 0 Å². The first kappa shape index (κ1) is 13.8. The van der Waals surface area contributed by atoms with Gasteiger partial charge in [0.25, 0.3) is 0 Å². The van der Waals surface area contributed by atoms with Gasteiger partial charge < -0.3 is 14.8 Å². The average Bonchev–Trinajstić information content (AvgIpc) is 2.36. The molecule has 0 fully saturated rings. The summed E-state index contributed by atoms with van der Waals surface area (Å²) in [7, 11) is 1.66. The van der Waals surface area contributed by atoms with Crippen molar-refractivity contribution in [1.82, 2.24) is 5.32 Å². The molecule has 0 unspecified atom stereocenters. The minimum Gasteiger partial charge on any atom is -0.493 e. The summed E-state index contributed by atoms with van der Waals surface area (Å²) >= 11 is 0. The van der Waals surface area contributed by atoms with Crippen molar-refractivity contribution in [3.63, 3.8) is 0 Å². The van der Waals surface area contributed by atoms with Crippen LogP contribution in [0.4, 0.5) is 0 Å². The van der Waals surface area contributed by atoms with Crippen LogP contribution in [0.15, 0.2) is 24.3 Å². The van der Waals surface area contributed by atoms with Crippen LogP contribution in [0.3, 0.4) is 0 Å². The summed E-state index contributed by atoms with van der Waals surface area (Å²) in [6.45, 7) is 7.24. The SMILES string of the molecule is CC[C@H](C)NC[C@H](C)Oc1ccccc1OC. The molecule has 1 rings (SSSR count). The van der Waals surface area contributed by atoms with Gasteiger partial charge in [-0.05, 0) is 32.4 Å². The molecule has 0 aliphatic rings. The number of rotatable bonds is 7. The highest BCUT2D eigenvalue weighted by molar-refractivity contribution is 5.39. The first-order chi connectivity index (χ1) is 8.17. The average molecular weight is 237 g/mol. The van der Waals surface area contributed by atoms with E-state index in [1.807, 2.05) is 24.3 Å². The Labute approximate surface area is 104 Å². The lowest BCUT2D eigenvalue weighted by atomic mass is 10.2. The molecule has 0 radical (unpaired) electrons. The lowest BCUT2D eigenvalue weighted by Gasteiger charge is -2.19. The van der Waals surface area contributed by atoms with Crippen molar-refractivity contribution in [3.05, 3.63) is 24.3 Å². The Kier molecular flexibility index (Phi) is 5.84. The zero-order chi connectivity index (χ0) is 12.7. The van der Waals surface area contributed by atoms with Gasteiger partial charge in [0.2, 0.25) is 0 Å². The molecular weight excluding hydrogens is 214 g/mol. The van der Waals surface area contributed by atoms with Crippen molar-refractivity contribution >= 4 is 0 Å². The van der Waals surface area contributed by atoms with Gasteiger partial charge >= 0.3 is 0 Å². The van der Waals surface area contributed by atoms with Crippen LogP contribution in [0, 0.1) is 0 Å². The van der Waals surface area contributed by atoms with Crippen molar-refractivity contribution in [1.29, 1.82) is 0 Å². The highest BCUT2D eigenvalue weighted by Crippen LogP contribution is 2.26. The first-order valence-corrected chi connectivity index (χ1v) is 6.20. The maximum absolute atomic E-state index is 5.84. The predicted octanol–water partition coefficient (Wildman–Crippen LogP) is 2.85. The molecule has 1 aromatic carbocycles. The van der Waals surface area contributed by atoms with Crippen molar-refractivity contribution in [3.8, 4) is 11.5 Å². The van der Waals surface area contributed by atoms with Gasteiger partial charge in [-0.2, -0.15) is 0 Å². The van der Waals surface area contributed by atoms with E-state index < -0.39 is 0 Å². The van der Waals surface area contributed by atoms with Crippen molar-refractivity contribution < 1.29 is 9.47 Å². The smallest absolute Gasteiger partial charge is 0.161 e. The molecule has 3 heteroatoms. The maximum Gasteiger partial charge on any atom is 0.161 e. The van der Waals surface area contributed by atoms with Gasteiger partial charge in [0.1, 0.15) is 6.10 Å². The van der Waals surface area contributed by atoms with Crippen LogP contribution < -0.4 is 14.8 Å². The van der Waals surface area contributed by atoms with Gasteiger partial charge in [0.05, 0.1) is 7.11 Å². The molecule has 96 valence electrons. The van der Waals surface area contributed by atoms with Crippen LogP contribution >= 0.6 is 0 Å². The molecule has 0 saturated carbocycles. The first-order valence-electron chi connectivity index (χ1n) is 6.20. The normalized spacial score (nSPS) is 14.1. The highest BCUT2D eigenvalue weighted by atomic mass is 16.5. The summed E-state index contributed by atoms with van der Waals surface area (Å²) < 4.78 is 11.1. The number of para-hydroxylation sites is 2. The van der Waals surface area contributed by atoms with E-state index >= 15 is 0 Å². The molecule has 0 aromatic heterocycles. The van der Waals surface area contributed by atoms with Gasteiger partial charge in [0.15, 0.2) is 11.5 Å². The maximum atomic E-state index is 5.84. The molecule has 0 heterocycles. The van der Waals surface area contributed by atoms with Crippen LogP contribution in [0.25, 0.3) is 0 Å². The quantitative estimate of drug-likeness (QED) is 0.791. The summed E-state index contributed by atoms with van der Waals surface area (Å²) in [5.41, 5.74) is 0. The third-order valence-corrected chi connectivity index (χ3v) is 2.76. The Bertz CT molecular complexity index is 328. The van der Waals surface area contributed by atoms with Crippen LogP contribution in [0.2, 0.25) is 0 Å². The third-order valence-electron chi connectivity index (χ3n) is 2.76. The Morgan fingerprint density at radius 3 is 2.41 bits per heavy atom. The van der Waals surface area contributed by atoms with Crippen molar-refractivity contribution in [2.45, 2.75) is 39.3 Å². The minimum absolute atomic E-state index is 0.125. The predicted molar refractivity (Wildman–Crippen MR) is 70.8 cm³/mol. The van der Waals surface area contributed by atoms with Gasteiger partial charge in [0, 0.05) is 12.6 Å². The molecule has 1 aromatic rings. The minimum atomic E-state index is 0.125. The zero-order valence-electron chi connectivity index (χ0n) is 11.2. The molecule has 0 bridgehead atoms. The summed E-state index contributed by atoms with van der Waals surface area (Å²) in [5, 5.41) is 3.42. The summed E-state index contributed by atoms with van der Waals surface area (Å²) in [6.07, 6.45) is 1.25. The van der Waals surface area contributed by atoms with Crippen LogP contribution in [-0.4, -0.2) is 25.8 Å². The summed E-state index contributed by atoms with van der Waals surface area (Å²) in [4.78, 5) is 0. The molecule has 3 nitrogen and oxygen atoms in total. The second-order valence-electron chi connectivity index (χ2n) is 4.30. The molecular formula is C14H23NO2. The second-order valence-corrected chi connectivity index (χ2v) is 4.30. The number of hydrogen-bond donors (Lipinski definition) is 1. The van der Waals surface area contributed by atoms with Gasteiger partial charge in [-0.3, -0.25) is 0 Å². The second kappa shape index (κ2) is 7.17. The van der Waals surface area contributed by atoms with E-state index in [9.17, 15) is 0 Å². The van der Waals surface area contributed by atoms with Gasteiger partial charge in [-0.25, -0.2) is 0 Å². The van der Waals surface area contributed by atoms with E-state index in [0.29, 0.717) is 6.04 Å². The van der Waals surface area contributed by atoms with Crippen LogP contribution in [-0.2, 0) is 0 Å². The van der Waals surface area contributed by atoms with E-state index in [1.165, 1.54) is 0 Å². The molecule has 0 spiro atoms. The Balaban J connectivity index is 2.47. The fourth-order valence-electron chi connectivity index (χ4n) is 1.49. The number of methoxy groups -OCH3 is 1. The van der Waals surface area contributed by atoms with Crippen LogP contribution in [0.1, 0.15) is 27.2 Å². The molecule has 17 heavy (non-hydrogen) atoms. The Hall–Kier alpha value is -1.22. The lowest BCUT2D eigenvalue weighted by Crippen LogP contribution is -2.34. The van der Waals surface area contributed by atoms with E-state index in [1.54, 1.807) is 7.11 Å². The number of benzene rings is 1. The van der Waals surface area contributed by atoms with E-state index in [0.717, 1.165) is 24.5 Å². The van der Waals surface area contributed by atoms with E-state index in [-0.39, 0.29) is 6.10 Å². The topological polar surface area (TPSA) is 30.5 Å². The van der Waals surface area contributed by atoms with E-state index in [4.69, 9.17) is 9.47 Å². The van der Waals surface area contributed by atoms with Crippen molar-refractivity contribution in [2.75, 3.05) is 13.7 Å². The summed E-state index contributed by atoms with van der Waals surface area (Å²) in [6, 6.07) is 8.25. The van der Waals surface area contributed by atoms with E-state index in [2.05, 4.69) is 26.1 Å². The molecule has 0 saturated heterocycles. The third kappa shape index (κ3) is 4.65. The molecule has 2 atom stereocenters. The molecule has 0 aliphatic carbocycles. The largest absolute Gasteiger partial charge is 0.493 e. The zero-order valence-corrected chi connectivity index (χ0v) is 11.2.